The van der Waals surface area contributed by atoms with Crippen LogP contribution in [0.3, 0.4) is 0 Å². The topological polar surface area (TPSA) is 43.6 Å². The molecule has 2 aromatic rings. The standard InChI is InChI=1S/C10H10BrClN4/c1-7(12)10-6-16(15-14-10)5-9-3-2-8(11)4-13-9/h2-4,6-7H,5H2,1H3. The van der Waals surface area contributed by atoms with Crippen molar-refractivity contribution in [3.8, 4) is 0 Å². The molecule has 0 aliphatic rings. The average molecular weight is 302 g/mol. The molecule has 0 spiro atoms. The van der Waals surface area contributed by atoms with Gasteiger partial charge in [0, 0.05) is 10.7 Å². The Morgan fingerprint density at radius 2 is 2.31 bits per heavy atom. The summed E-state index contributed by atoms with van der Waals surface area (Å²) in [5.41, 5.74) is 1.71. The lowest BCUT2D eigenvalue weighted by molar-refractivity contribution is 0.638. The molecule has 0 aliphatic heterocycles. The second kappa shape index (κ2) is 4.93. The van der Waals surface area contributed by atoms with Gasteiger partial charge in [-0.05, 0) is 35.0 Å². The Kier molecular flexibility index (Phi) is 3.56. The van der Waals surface area contributed by atoms with E-state index in [0.717, 1.165) is 15.9 Å². The van der Waals surface area contributed by atoms with Gasteiger partial charge in [0.2, 0.25) is 0 Å². The van der Waals surface area contributed by atoms with Crippen molar-refractivity contribution >= 4 is 27.5 Å². The minimum atomic E-state index is -0.119. The SMILES string of the molecule is CC(Cl)c1cn(Cc2ccc(Br)cn2)nn1. The largest absolute Gasteiger partial charge is 0.258 e. The van der Waals surface area contributed by atoms with E-state index in [9.17, 15) is 0 Å². The Hall–Kier alpha value is -0.940. The number of alkyl halides is 1. The highest BCUT2D eigenvalue weighted by molar-refractivity contribution is 9.10. The highest BCUT2D eigenvalue weighted by Crippen LogP contribution is 2.15. The third-order valence-corrected chi connectivity index (χ3v) is 2.77. The Morgan fingerprint density at radius 3 is 2.88 bits per heavy atom. The maximum atomic E-state index is 5.90. The molecule has 0 saturated heterocycles. The highest BCUT2D eigenvalue weighted by Gasteiger charge is 2.06. The van der Waals surface area contributed by atoms with Gasteiger partial charge in [-0.15, -0.1) is 16.7 Å². The van der Waals surface area contributed by atoms with Crippen LogP contribution in [0.5, 0.6) is 0 Å². The highest BCUT2D eigenvalue weighted by atomic mass is 79.9. The van der Waals surface area contributed by atoms with E-state index in [1.54, 1.807) is 10.9 Å². The predicted molar refractivity (Wildman–Crippen MR) is 65.3 cm³/mol. The monoisotopic (exact) mass is 300 g/mol. The molecule has 16 heavy (non-hydrogen) atoms. The van der Waals surface area contributed by atoms with Crippen LogP contribution in [0, 0.1) is 0 Å². The van der Waals surface area contributed by atoms with Gasteiger partial charge in [0.1, 0.15) is 5.69 Å². The minimum absolute atomic E-state index is 0.119. The van der Waals surface area contributed by atoms with Gasteiger partial charge in [0.05, 0.1) is 23.8 Å². The maximum Gasteiger partial charge on any atom is 0.100 e. The molecule has 1 unspecified atom stereocenters. The first-order chi connectivity index (χ1) is 7.65. The summed E-state index contributed by atoms with van der Waals surface area (Å²) in [4.78, 5) is 4.26. The fourth-order valence-electron chi connectivity index (χ4n) is 1.24. The van der Waals surface area contributed by atoms with E-state index >= 15 is 0 Å². The van der Waals surface area contributed by atoms with Gasteiger partial charge >= 0.3 is 0 Å². The molecule has 2 rings (SSSR count). The number of halogens is 2. The number of aromatic nitrogens is 4. The first-order valence-electron chi connectivity index (χ1n) is 4.79. The van der Waals surface area contributed by atoms with Crippen LogP contribution in [0.25, 0.3) is 0 Å². The molecule has 0 radical (unpaired) electrons. The third kappa shape index (κ3) is 2.80. The van der Waals surface area contributed by atoms with Crippen LogP contribution in [-0.4, -0.2) is 20.0 Å². The molecule has 84 valence electrons. The van der Waals surface area contributed by atoms with Crippen LogP contribution in [0.4, 0.5) is 0 Å². The van der Waals surface area contributed by atoms with Crippen LogP contribution >= 0.6 is 27.5 Å². The Balaban J connectivity index is 2.11. The summed E-state index contributed by atoms with van der Waals surface area (Å²) in [7, 11) is 0. The number of pyridine rings is 1. The number of hydrogen-bond acceptors (Lipinski definition) is 3. The van der Waals surface area contributed by atoms with E-state index in [4.69, 9.17) is 11.6 Å². The first-order valence-corrected chi connectivity index (χ1v) is 6.02. The lowest BCUT2D eigenvalue weighted by atomic mass is 10.3. The van der Waals surface area contributed by atoms with E-state index < -0.39 is 0 Å². The molecular formula is C10H10BrClN4. The average Bonchev–Trinajstić information content (AvgIpc) is 2.70. The van der Waals surface area contributed by atoms with Gasteiger partial charge in [-0.2, -0.15) is 0 Å². The van der Waals surface area contributed by atoms with Crippen molar-refractivity contribution in [3.63, 3.8) is 0 Å². The number of hydrogen-bond donors (Lipinski definition) is 0. The Bertz CT molecular complexity index is 466. The van der Waals surface area contributed by atoms with Crippen LogP contribution in [0.2, 0.25) is 0 Å². The van der Waals surface area contributed by atoms with Crippen molar-refractivity contribution in [1.82, 2.24) is 20.0 Å². The smallest absolute Gasteiger partial charge is 0.100 e. The molecule has 0 aromatic carbocycles. The molecular weight excluding hydrogens is 291 g/mol. The zero-order chi connectivity index (χ0) is 11.5. The summed E-state index contributed by atoms with van der Waals surface area (Å²) >= 11 is 9.24. The van der Waals surface area contributed by atoms with E-state index in [1.807, 2.05) is 25.3 Å². The lowest BCUT2D eigenvalue weighted by Gasteiger charge is -1.99. The van der Waals surface area contributed by atoms with E-state index in [0.29, 0.717) is 6.54 Å². The molecule has 6 heteroatoms. The number of nitrogens with zero attached hydrogens (tertiary/aromatic N) is 4. The molecule has 0 fully saturated rings. The van der Waals surface area contributed by atoms with E-state index in [2.05, 4.69) is 31.2 Å². The predicted octanol–water partition coefficient (Wildman–Crippen LogP) is 2.78. The third-order valence-electron chi connectivity index (χ3n) is 2.08. The van der Waals surface area contributed by atoms with Crippen molar-refractivity contribution in [2.75, 3.05) is 0 Å². The normalized spacial score (nSPS) is 12.7. The quantitative estimate of drug-likeness (QED) is 0.819. The van der Waals surface area contributed by atoms with E-state index in [1.165, 1.54) is 0 Å². The number of rotatable bonds is 3. The fraction of sp³-hybridized carbons (Fsp3) is 0.300. The summed E-state index contributed by atoms with van der Waals surface area (Å²) in [6.07, 6.45) is 3.60. The molecule has 1 atom stereocenters. The van der Waals surface area contributed by atoms with Crippen molar-refractivity contribution < 1.29 is 0 Å². The lowest BCUT2D eigenvalue weighted by Crippen LogP contribution is -2.02. The van der Waals surface area contributed by atoms with Gasteiger partial charge in [-0.3, -0.25) is 4.98 Å². The summed E-state index contributed by atoms with van der Waals surface area (Å²) in [6.45, 7) is 2.47. The van der Waals surface area contributed by atoms with Crippen LogP contribution < -0.4 is 0 Å². The van der Waals surface area contributed by atoms with Crippen molar-refractivity contribution in [3.05, 3.63) is 40.4 Å². The first kappa shape index (κ1) is 11.5. The fourth-order valence-corrected chi connectivity index (χ4v) is 1.57. The maximum absolute atomic E-state index is 5.90. The molecule has 0 N–H and O–H groups in total. The van der Waals surface area contributed by atoms with Crippen molar-refractivity contribution in [2.24, 2.45) is 0 Å². The molecule has 0 bridgehead atoms. The minimum Gasteiger partial charge on any atom is -0.258 e. The van der Waals surface area contributed by atoms with Gasteiger partial charge < -0.3 is 0 Å². The zero-order valence-corrected chi connectivity index (χ0v) is 11.0. The molecule has 2 heterocycles. The molecule has 4 nitrogen and oxygen atoms in total. The van der Waals surface area contributed by atoms with Gasteiger partial charge in [0.25, 0.3) is 0 Å². The summed E-state index contributed by atoms with van der Waals surface area (Å²) in [6, 6.07) is 3.89. The Morgan fingerprint density at radius 1 is 1.50 bits per heavy atom. The summed E-state index contributed by atoms with van der Waals surface area (Å²) in [5, 5.41) is 7.84. The van der Waals surface area contributed by atoms with Gasteiger partial charge in [-0.1, -0.05) is 5.21 Å². The van der Waals surface area contributed by atoms with E-state index in [-0.39, 0.29) is 5.38 Å². The molecule has 2 aromatic heterocycles. The van der Waals surface area contributed by atoms with Crippen LogP contribution in [0.15, 0.2) is 29.0 Å². The molecule has 0 amide bonds. The molecule has 0 aliphatic carbocycles. The van der Waals surface area contributed by atoms with Crippen molar-refractivity contribution in [2.45, 2.75) is 18.8 Å². The second-order valence-electron chi connectivity index (χ2n) is 3.42. The van der Waals surface area contributed by atoms with Crippen molar-refractivity contribution in [1.29, 1.82) is 0 Å². The summed E-state index contributed by atoms with van der Waals surface area (Å²) < 4.78 is 2.69. The van der Waals surface area contributed by atoms with Gasteiger partial charge in [-0.25, -0.2) is 4.68 Å². The Labute approximate surface area is 107 Å². The van der Waals surface area contributed by atoms with Gasteiger partial charge in [0.15, 0.2) is 0 Å². The van der Waals surface area contributed by atoms with Crippen LogP contribution in [-0.2, 0) is 6.54 Å². The molecule has 0 saturated carbocycles. The second-order valence-corrected chi connectivity index (χ2v) is 5.00. The zero-order valence-electron chi connectivity index (χ0n) is 8.64. The summed E-state index contributed by atoms with van der Waals surface area (Å²) in [5.74, 6) is 0. The van der Waals surface area contributed by atoms with Crippen LogP contribution in [0.1, 0.15) is 23.7 Å².